The third-order valence-electron chi connectivity index (χ3n) is 6.34. The van der Waals surface area contributed by atoms with Crippen LogP contribution in [0.15, 0.2) is 18.7 Å². The molecule has 3 heterocycles. The number of amides is 2. The molecule has 7 heteroatoms. The van der Waals surface area contributed by atoms with Gasteiger partial charge in [-0.1, -0.05) is 0 Å². The van der Waals surface area contributed by atoms with Crippen molar-refractivity contribution in [2.24, 2.45) is 5.41 Å². The molecule has 1 aliphatic carbocycles. The number of carbonyl (C=O) groups excluding carboxylic acids is 2. The first-order chi connectivity index (χ1) is 12.1. The van der Waals surface area contributed by atoms with E-state index in [1.807, 2.05) is 22.7 Å². The zero-order valence-electron chi connectivity index (χ0n) is 14.9. The van der Waals surface area contributed by atoms with Gasteiger partial charge in [0.05, 0.1) is 11.7 Å². The lowest BCUT2D eigenvalue weighted by Gasteiger charge is -2.45. The van der Waals surface area contributed by atoms with Crippen LogP contribution in [0.2, 0.25) is 0 Å². The number of rotatable bonds is 3. The maximum Gasteiger partial charge on any atom is 0.240 e. The molecule has 1 aromatic heterocycles. The van der Waals surface area contributed by atoms with Gasteiger partial charge in [0.1, 0.15) is 5.54 Å². The van der Waals surface area contributed by atoms with Gasteiger partial charge in [-0.15, -0.1) is 0 Å². The number of carbonyl (C=O) groups is 2. The Morgan fingerprint density at radius 1 is 1.24 bits per heavy atom. The van der Waals surface area contributed by atoms with E-state index in [0.29, 0.717) is 19.6 Å². The van der Waals surface area contributed by atoms with E-state index in [2.05, 4.69) is 15.2 Å². The quantitative estimate of drug-likeness (QED) is 0.865. The molecule has 2 saturated heterocycles. The number of hydrogen-bond donors (Lipinski definition) is 1. The fraction of sp³-hybridized carbons (Fsp3) is 0.722. The van der Waals surface area contributed by atoms with Gasteiger partial charge in [-0.05, 0) is 39.2 Å². The van der Waals surface area contributed by atoms with Crippen LogP contribution in [0.4, 0.5) is 0 Å². The highest BCUT2D eigenvalue weighted by molar-refractivity contribution is 5.88. The van der Waals surface area contributed by atoms with Gasteiger partial charge in [0, 0.05) is 45.1 Å². The number of imidazole rings is 1. The summed E-state index contributed by atoms with van der Waals surface area (Å²) in [5.41, 5.74) is -0.683. The van der Waals surface area contributed by atoms with Gasteiger partial charge in [0.15, 0.2) is 0 Å². The zero-order valence-corrected chi connectivity index (χ0v) is 14.9. The van der Waals surface area contributed by atoms with Crippen molar-refractivity contribution >= 4 is 11.8 Å². The topological polar surface area (TPSA) is 70.5 Å². The summed E-state index contributed by atoms with van der Waals surface area (Å²) in [4.78, 5) is 34.0. The van der Waals surface area contributed by atoms with Crippen LogP contribution < -0.4 is 5.32 Å². The van der Waals surface area contributed by atoms with E-state index < -0.39 is 5.54 Å². The van der Waals surface area contributed by atoms with E-state index in [-0.39, 0.29) is 17.2 Å². The van der Waals surface area contributed by atoms with Crippen LogP contribution in [0.25, 0.3) is 0 Å². The fourth-order valence-electron chi connectivity index (χ4n) is 4.41. The van der Waals surface area contributed by atoms with Crippen LogP contribution in [0.1, 0.15) is 32.1 Å². The minimum Gasteiger partial charge on any atom is -0.354 e. The van der Waals surface area contributed by atoms with Gasteiger partial charge in [-0.3, -0.25) is 14.5 Å². The highest BCUT2D eigenvalue weighted by Crippen LogP contribution is 2.49. The Balaban J connectivity index is 1.43. The summed E-state index contributed by atoms with van der Waals surface area (Å²) in [6, 6.07) is 0. The summed E-state index contributed by atoms with van der Waals surface area (Å²) in [5, 5.41) is 3.06. The van der Waals surface area contributed by atoms with E-state index in [1.54, 1.807) is 12.5 Å². The van der Waals surface area contributed by atoms with Crippen LogP contribution in [-0.2, 0) is 16.1 Å². The number of aromatic nitrogens is 2. The van der Waals surface area contributed by atoms with Gasteiger partial charge in [-0.25, -0.2) is 4.98 Å². The van der Waals surface area contributed by atoms with Crippen molar-refractivity contribution < 1.29 is 9.59 Å². The maximum absolute atomic E-state index is 13.1. The molecule has 0 unspecified atom stereocenters. The molecule has 0 atom stereocenters. The highest BCUT2D eigenvalue weighted by Gasteiger charge is 2.54. The first-order valence-corrected chi connectivity index (χ1v) is 9.31. The number of likely N-dealkylation sites (tertiary alicyclic amines) is 1. The molecule has 25 heavy (non-hydrogen) atoms. The van der Waals surface area contributed by atoms with Crippen molar-refractivity contribution in [3.05, 3.63) is 18.7 Å². The Bertz CT molecular complexity index is 644. The number of hydrogen-bond acceptors (Lipinski definition) is 4. The number of piperidine rings is 1. The summed E-state index contributed by atoms with van der Waals surface area (Å²) in [6.45, 7) is 3.73. The van der Waals surface area contributed by atoms with Gasteiger partial charge < -0.3 is 14.8 Å². The smallest absolute Gasteiger partial charge is 0.240 e. The Labute approximate surface area is 148 Å². The normalized spacial score (nSPS) is 25.5. The largest absolute Gasteiger partial charge is 0.354 e. The lowest BCUT2D eigenvalue weighted by molar-refractivity contribution is -0.145. The van der Waals surface area contributed by atoms with Crippen molar-refractivity contribution in [1.29, 1.82) is 0 Å². The summed E-state index contributed by atoms with van der Waals surface area (Å²) in [6.07, 6.45) is 9.79. The molecule has 2 amide bonds. The van der Waals surface area contributed by atoms with E-state index in [0.717, 1.165) is 45.2 Å². The Kier molecular flexibility index (Phi) is 4.06. The van der Waals surface area contributed by atoms with Crippen molar-refractivity contribution in [1.82, 2.24) is 24.7 Å². The fourth-order valence-corrected chi connectivity index (χ4v) is 4.41. The van der Waals surface area contributed by atoms with Crippen molar-refractivity contribution in [3.8, 4) is 0 Å². The Morgan fingerprint density at radius 3 is 2.64 bits per heavy atom. The maximum atomic E-state index is 13.1. The predicted octanol–water partition coefficient (Wildman–Crippen LogP) is 0.476. The predicted molar refractivity (Wildman–Crippen MR) is 92.7 cm³/mol. The lowest BCUT2D eigenvalue weighted by Crippen LogP contribution is -2.61. The molecule has 3 aliphatic rings. The second-order valence-electron chi connectivity index (χ2n) is 7.87. The van der Waals surface area contributed by atoms with Crippen molar-refractivity contribution in [2.75, 3.05) is 33.2 Å². The minimum atomic E-state index is -0.436. The molecule has 0 radical (unpaired) electrons. The molecule has 136 valence electrons. The molecule has 7 nitrogen and oxygen atoms in total. The zero-order chi connectivity index (χ0) is 17.5. The molecule has 3 fully saturated rings. The van der Waals surface area contributed by atoms with Gasteiger partial charge >= 0.3 is 0 Å². The van der Waals surface area contributed by atoms with E-state index in [9.17, 15) is 9.59 Å². The van der Waals surface area contributed by atoms with Gasteiger partial charge in [0.25, 0.3) is 0 Å². The van der Waals surface area contributed by atoms with E-state index >= 15 is 0 Å². The summed E-state index contributed by atoms with van der Waals surface area (Å²) >= 11 is 0. The molecule has 4 rings (SSSR count). The molecular formula is C18H27N5O2. The molecule has 1 aromatic rings. The van der Waals surface area contributed by atoms with Crippen LogP contribution in [0.5, 0.6) is 0 Å². The highest BCUT2D eigenvalue weighted by atomic mass is 16.2. The van der Waals surface area contributed by atoms with Crippen LogP contribution in [0.3, 0.4) is 0 Å². The first-order valence-electron chi connectivity index (χ1n) is 9.31. The van der Waals surface area contributed by atoms with E-state index in [1.165, 1.54) is 0 Å². The molecule has 0 bridgehead atoms. The average Bonchev–Trinajstić information content (AvgIpc) is 3.25. The molecule has 1 saturated carbocycles. The van der Waals surface area contributed by atoms with Crippen molar-refractivity contribution in [3.63, 3.8) is 0 Å². The van der Waals surface area contributed by atoms with Gasteiger partial charge in [0.2, 0.25) is 11.8 Å². The lowest BCUT2D eigenvalue weighted by atomic mass is 9.84. The van der Waals surface area contributed by atoms with E-state index in [4.69, 9.17) is 0 Å². The van der Waals surface area contributed by atoms with Crippen LogP contribution >= 0.6 is 0 Å². The molecule has 1 N–H and O–H groups in total. The SMILES string of the molecule is CN1CCCNC(=O)C12CCN(C(=O)C1(Cn3ccnc3)CC1)CC2. The number of nitrogens with one attached hydrogen (secondary N) is 1. The molecule has 1 spiro atoms. The summed E-state index contributed by atoms with van der Waals surface area (Å²) in [7, 11) is 2.05. The summed E-state index contributed by atoms with van der Waals surface area (Å²) in [5.74, 6) is 0.395. The first kappa shape index (κ1) is 16.6. The minimum absolute atomic E-state index is 0.138. The second kappa shape index (κ2) is 6.12. The molecular weight excluding hydrogens is 318 g/mol. The average molecular weight is 345 g/mol. The Hall–Kier alpha value is -1.89. The standard InChI is InChI=1S/C18H27N5O2/c1-21-9-2-7-20-15(24)18(21)5-10-23(11-6-18)16(25)17(3-4-17)13-22-12-8-19-14-22/h8,12,14H,2-7,9-11,13H2,1H3,(H,20,24). The van der Waals surface area contributed by atoms with Crippen LogP contribution in [0, 0.1) is 5.41 Å². The Morgan fingerprint density at radius 2 is 2.00 bits per heavy atom. The number of nitrogens with zero attached hydrogens (tertiary/aromatic N) is 4. The van der Waals surface area contributed by atoms with Gasteiger partial charge in [-0.2, -0.15) is 0 Å². The summed E-state index contributed by atoms with van der Waals surface area (Å²) < 4.78 is 2.00. The third kappa shape index (κ3) is 2.84. The molecule has 0 aromatic carbocycles. The van der Waals surface area contributed by atoms with Crippen molar-refractivity contribution in [2.45, 2.75) is 44.2 Å². The number of likely N-dealkylation sites (N-methyl/N-ethyl adjacent to an activating group) is 1. The monoisotopic (exact) mass is 345 g/mol. The third-order valence-corrected chi connectivity index (χ3v) is 6.34. The molecule has 2 aliphatic heterocycles. The second-order valence-corrected chi connectivity index (χ2v) is 7.87. The van der Waals surface area contributed by atoms with Crippen LogP contribution in [-0.4, -0.2) is 69.9 Å².